The Morgan fingerprint density at radius 3 is 2.55 bits per heavy atom. The molecule has 2 fully saturated rings. The Morgan fingerprint density at radius 2 is 2.00 bits per heavy atom. The highest BCUT2D eigenvalue weighted by molar-refractivity contribution is 5.90. The van der Waals surface area contributed by atoms with E-state index >= 15 is 0 Å². The predicted octanol–water partition coefficient (Wildman–Crippen LogP) is 3.98. The molecular weight excluding hydrogens is 252 g/mol. The highest BCUT2D eigenvalue weighted by Gasteiger charge is 2.62. The number of para-hydroxylation sites is 1. The summed E-state index contributed by atoms with van der Waals surface area (Å²) < 4.78 is 6.16. The Kier molecular flexibility index (Phi) is 2.86. The van der Waals surface area contributed by atoms with Crippen LogP contribution in [0.5, 0.6) is 5.75 Å². The number of hydrogen-bond donors (Lipinski definition) is 1. The fourth-order valence-electron chi connectivity index (χ4n) is 4.21. The van der Waals surface area contributed by atoms with Gasteiger partial charge in [-0.15, -0.1) is 0 Å². The van der Waals surface area contributed by atoms with E-state index in [0.29, 0.717) is 11.7 Å². The number of carbonyl (C=O) groups is 1. The first-order valence-corrected chi connectivity index (χ1v) is 7.35. The molecule has 3 unspecified atom stereocenters. The molecule has 0 saturated heterocycles. The number of ether oxygens (including phenoxy) is 1. The summed E-state index contributed by atoms with van der Waals surface area (Å²) in [6.07, 6.45) is 3.60. The minimum Gasteiger partial charge on any atom is -0.489 e. The highest BCUT2D eigenvalue weighted by atomic mass is 16.5. The van der Waals surface area contributed by atoms with Gasteiger partial charge in [0.05, 0.1) is 0 Å². The predicted molar refractivity (Wildman–Crippen MR) is 77.0 cm³/mol. The van der Waals surface area contributed by atoms with E-state index in [9.17, 15) is 9.90 Å². The maximum Gasteiger partial charge on any atom is 0.339 e. The maximum atomic E-state index is 11.3. The SMILES string of the molecule is CC1(C)C2CCC1(C)C(Oc1ccccc1C(=O)O)C2. The van der Waals surface area contributed by atoms with Gasteiger partial charge in [0.25, 0.3) is 0 Å². The van der Waals surface area contributed by atoms with Crippen molar-refractivity contribution in [3.63, 3.8) is 0 Å². The zero-order valence-corrected chi connectivity index (χ0v) is 12.3. The van der Waals surface area contributed by atoms with Gasteiger partial charge in [0.2, 0.25) is 0 Å². The van der Waals surface area contributed by atoms with Gasteiger partial charge in [-0.05, 0) is 42.7 Å². The Bertz CT molecular complexity index is 549. The van der Waals surface area contributed by atoms with Crippen LogP contribution >= 0.6 is 0 Å². The lowest BCUT2D eigenvalue weighted by Crippen LogP contribution is -2.39. The zero-order valence-electron chi connectivity index (χ0n) is 12.3. The molecule has 2 saturated carbocycles. The topological polar surface area (TPSA) is 46.5 Å². The number of aromatic carboxylic acids is 1. The van der Waals surface area contributed by atoms with Gasteiger partial charge in [0, 0.05) is 5.41 Å². The average molecular weight is 274 g/mol. The second-order valence-corrected chi connectivity index (χ2v) is 7.02. The summed E-state index contributed by atoms with van der Waals surface area (Å²) in [6.45, 7) is 6.96. The number of carboxylic acid groups (broad SMARTS) is 1. The molecule has 1 aromatic carbocycles. The van der Waals surface area contributed by atoms with Gasteiger partial charge in [0.15, 0.2) is 0 Å². The molecule has 2 bridgehead atoms. The summed E-state index contributed by atoms with van der Waals surface area (Å²) in [5.74, 6) is 0.275. The van der Waals surface area contributed by atoms with Gasteiger partial charge in [-0.1, -0.05) is 32.9 Å². The summed E-state index contributed by atoms with van der Waals surface area (Å²) >= 11 is 0. The molecule has 1 N–H and O–H groups in total. The van der Waals surface area contributed by atoms with E-state index in [4.69, 9.17) is 4.74 Å². The third kappa shape index (κ3) is 1.68. The zero-order chi connectivity index (χ0) is 14.5. The molecule has 3 atom stereocenters. The van der Waals surface area contributed by atoms with Crippen LogP contribution in [-0.4, -0.2) is 17.2 Å². The summed E-state index contributed by atoms with van der Waals surface area (Å²) in [6, 6.07) is 6.95. The normalized spacial score (nSPS) is 34.1. The van der Waals surface area contributed by atoms with Crippen LogP contribution in [0.2, 0.25) is 0 Å². The van der Waals surface area contributed by atoms with Crippen molar-refractivity contribution in [1.29, 1.82) is 0 Å². The van der Waals surface area contributed by atoms with Crippen LogP contribution < -0.4 is 4.74 Å². The highest BCUT2D eigenvalue weighted by Crippen LogP contribution is 2.66. The fourth-order valence-corrected chi connectivity index (χ4v) is 4.21. The third-order valence-corrected chi connectivity index (χ3v) is 6.10. The second-order valence-electron chi connectivity index (χ2n) is 7.02. The molecule has 0 amide bonds. The van der Waals surface area contributed by atoms with Crippen molar-refractivity contribution >= 4 is 5.97 Å². The summed E-state index contributed by atoms with van der Waals surface area (Å²) in [5, 5.41) is 9.26. The Balaban J connectivity index is 1.89. The lowest BCUT2D eigenvalue weighted by Gasteiger charge is -2.39. The van der Waals surface area contributed by atoms with Crippen LogP contribution in [0.3, 0.4) is 0 Å². The van der Waals surface area contributed by atoms with Crippen molar-refractivity contribution in [2.24, 2.45) is 16.7 Å². The van der Waals surface area contributed by atoms with Crippen LogP contribution in [0, 0.1) is 16.7 Å². The van der Waals surface area contributed by atoms with E-state index in [0.717, 1.165) is 6.42 Å². The Hall–Kier alpha value is -1.51. The maximum absolute atomic E-state index is 11.3. The monoisotopic (exact) mass is 274 g/mol. The van der Waals surface area contributed by atoms with E-state index in [-0.39, 0.29) is 22.5 Å². The van der Waals surface area contributed by atoms with Crippen LogP contribution in [-0.2, 0) is 0 Å². The van der Waals surface area contributed by atoms with Gasteiger partial charge in [-0.2, -0.15) is 0 Å². The molecule has 0 aromatic heterocycles. The molecule has 2 aliphatic rings. The molecule has 1 aromatic rings. The number of carboxylic acids is 1. The smallest absolute Gasteiger partial charge is 0.339 e. The first-order valence-electron chi connectivity index (χ1n) is 7.35. The van der Waals surface area contributed by atoms with E-state index in [1.807, 2.05) is 6.07 Å². The van der Waals surface area contributed by atoms with Gasteiger partial charge in [-0.3, -0.25) is 0 Å². The number of rotatable bonds is 3. The Morgan fingerprint density at radius 1 is 1.30 bits per heavy atom. The quantitative estimate of drug-likeness (QED) is 0.907. The lowest BCUT2D eigenvalue weighted by atomic mass is 9.70. The third-order valence-electron chi connectivity index (χ3n) is 6.10. The largest absolute Gasteiger partial charge is 0.489 e. The van der Waals surface area contributed by atoms with E-state index in [1.165, 1.54) is 12.8 Å². The average Bonchev–Trinajstić information content (AvgIpc) is 2.72. The van der Waals surface area contributed by atoms with Gasteiger partial charge < -0.3 is 9.84 Å². The molecule has 0 radical (unpaired) electrons. The van der Waals surface area contributed by atoms with Crippen LogP contribution in [0.4, 0.5) is 0 Å². The van der Waals surface area contributed by atoms with Crippen molar-refractivity contribution in [2.45, 2.75) is 46.1 Å². The lowest BCUT2D eigenvalue weighted by molar-refractivity contribution is 0.0288. The second kappa shape index (κ2) is 4.24. The molecular formula is C17H22O3. The molecule has 2 aliphatic carbocycles. The first kappa shape index (κ1) is 13.5. The van der Waals surface area contributed by atoms with E-state index in [2.05, 4.69) is 20.8 Å². The summed E-state index contributed by atoms with van der Waals surface area (Å²) in [5.41, 5.74) is 0.677. The molecule has 20 heavy (non-hydrogen) atoms. The van der Waals surface area contributed by atoms with E-state index < -0.39 is 5.97 Å². The van der Waals surface area contributed by atoms with Crippen LogP contribution in [0.1, 0.15) is 50.4 Å². The Labute approximate surface area is 120 Å². The minimum absolute atomic E-state index is 0.122. The molecule has 3 heteroatoms. The fraction of sp³-hybridized carbons (Fsp3) is 0.588. The minimum atomic E-state index is -0.923. The van der Waals surface area contributed by atoms with Crippen molar-refractivity contribution in [2.75, 3.05) is 0 Å². The van der Waals surface area contributed by atoms with Gasteiger partial charge in [-0.25, -0.2) is 4.79 Å². The number of hydrogen-bond acceptors (Lipinski definition) is 2. The first-order chi connectivity index (χ1) is 9.36. The van der Waals surface area contributed by atoms with Crippen molar-refractivity contribution in [3.8, 4) is 5.75 Å². The van der Waals surface area contributed by atoms with Gasteiger partial charge in [0.1, 0.15) is 17.4 Å². The molecule has 3 nitrogen and oxygen atoms in total. The molecule has 108 valence electrons. The van der Waals surface area contributed by atoms with Crippen molar-refractivity contribution < 1.29 is 14.6 Å². The summed E-state index contributed by atoms with van der Waals surface area (Å²) in [7, 11) is 0. The molecule has 0 heterocycles. The molecule has 0 aliphatic heterocycles. The van der Waals surface area contributed by atoms with Crippen LogP contribution in [0.15, 0.2) is 24.3 Å². The summed E-state index contributed by atoms with van der Waals surface area (Å²) in [4.78, 5) is 11.3. The number of fused-ring (bicyclic) bond motifs is 2. The molecule has 0 spiro atoms. The van der Waals surface area contributed by atoms with Crippen molar-refractivity contribution in [3.05, 3.63) is 29.8 Å². The van der Waals surface area contributed by atoms with E-state index in [1.54, 1.807) is 18.2 Å². The van der Waals surface area contributed by atoms with Crippen molar-refractivity contribution in [1.82, 2.24) is 0 Å². The molecule has 3 rings (SSSR count). The van der Waals surface area contributed by atoms with Gasteiger partial charge >= 0.3 is 5.97 Å². The number of benzene rings is 1. The standard InChI is InChI=1S/C17H22O3/c1-16(2)11-8-9-17(16,3)14(10-11)20-13-7-5-4-6-12(13)15(18)19/h4-7,11,14H,8-10H2,1-3H3,(H,18,19). The van der Waals surface area contributed by atoms with Crippen LogP contribution in [0.25, 0.3) is 0 Å².